The van der Waals surface area contributed by atoms with Crippen LogP contribution >= 0.6 is 11.3 Å². The van der Waals surface area contributed by atoms with Gasteiger partial charge in [-0.15, -0.1) is 0 Å². The van der Waals surface area contributed by atoms with E-state index in [4.69, 9.17) is 4.74 Å². The Balaban J connectivity index is 1.51. The Labute approximate surface area is 235 Å². The summed E-state index contributed by atoms with van der Waals surface area (Å²) in [5, 5.41) is 16.1. The Kier molecular flexibility index (Phi) is 8.01. The summed E-state index contributed by atoms with van der Waals surface area (Å²) < 4.78 is 6.31. The molecule has 4 heterocycles. The van der Waals surface area contributed by atoms with Crippen molar-refractivity contribution in [3.63, 3.8) is 0 Å². The van der Waals surface area contributed by atoms with E-state index in [0.29, 0.717) is 49.3 Å². The van der Waals surface area contributed by atoms with Crippen molar-refractivity contribution in [3.8, 4) is 22.4 Å². The minimum absolute atomic E-state index is 0.315. The predicted octanol–water partition coefficient (Wildman–Crippen LogP) is 4.02. The first kappa shape index (κ1) is 27.6. The average Bonchev–Trinajstić information content (AvgIpc) is 3.35. The summed E-state index contributed by atoms with van der Waals surface area (Å²) in [6, 6.07) is 8.53. The second kappa shape index (κ2) is 11.6. The summed E-state index contributed by atoms with van der Waals surface area (Å²) in [5.74, 6) is -0.464. The van der Waals surface area contributed by atoms with Crippen LogP contribution in [-0.4, -0.2) is 80.8 Å². The first-order valence-electron chi connectivity index (χ1n) is 13.1. The summed E-state index contributed by atoms with van der Waals surface area (Å²) in [6.45, 7) is 8.16. The van der Waals surface area contributed by atoms with Gasteiger partial charge in [-0.05, 0) is 36.8 Å². The highest BCUT2D eigenvalue weighted by Crippen LogP contribution is 2.38. The SMILES string of the molecule is CCNC(=O)Nc1nc2cc(-c3cnc(C(C)(C)C(C(=O)O)N4CCOCC4)nc3)cc(-c3ccccn3)c2s1. The number of urea groups is 1. The molecule has 0 aliphatic carbocycles. The topological polar surface area (TPSA) is 142 Å². The maximum atomic E-state index is 12.3. The van der Waals surface area contributed by atoms with Crippen LogP contribution in [0, 0.1) is 0 Å². The number of carbonyl (C=O) groups is 2. The van der Waals surface area contributed by atoms with Gasteiger partial charge >= 0.3 is 12.0 Å². The Bertz CT molecular complexity index is 1500. The number of rotatable bonds is 8. The van der Waals surface area contributed by atoms with Gasteiger partial charge in [-0.25, -0.2) is 19.7 Å². The van der Waals surface area contributed by atoms with E-state index in [0.717, 1.165) is 27.1 Å². The van der Waals surface area contributed by atoms with Crippen LogP contribution in [0.1, 0.15) is 26.6 Å². The van der Waals surface area contributed by atoms with E-state index in [1.165, 1.54) is 11.3 Å². The first-order valence-corrected chi connectivity index (χ1v) is 13.9. The van der Waals surface area contributed by atoms with Crippen molar-refractivity contribution in [3.05, 3.63) is 54.7 Å². The number of anilines is 1. The number of aliphatic carboxylic acids is 1. The number of benzene rings is 1. The number of hydrogen-bond donors (Lipinski definition) is 3. The zero-order chi connectivity index (χ0) is 28.3. The van der Waals surface area contributed by atoms with Gasteiger partial charge in [-0.1, -0.05) is 31.3 Å². The number of ether oxygens (including phenoxy) is 1. The van der Waals surface area contributed by atoms with Gasteiger partial charge in [0.15, 0.2) is 5.13 Å². The summed E-state index contributed by atoms with van der Waals surface area (Å²) >= 11 is 1.38. The number of fused-ring (bicyclic) bond motifs is 1. The molecule has 0 spiro atoms. The molecule has 4 aromatic rings. The molecular formula is C28H31N7O4S. The standard InChI is InChI=1S/C28H31N7O4S/c1-4-29-26(38)34-27-33-21-14-17(13-19(22(21)40-27)20-7-5-6-8-30-20)18-15-31-25(32-16-18)28(2,3)23(24(36)37)35-9-11-39-12-10-35/h5-8,13-16,23H,4,9-12H2,1-3H3,(H,36,37)(H2,29,33,34,38). The minimum atomic E-state index is -0.911. The fourth-order valence-electron chi connectivity index (χ4n) is 4.96. The molecule has 1 fully saturated rings. The summed E-state index contributed by atoms with van der Waals surface area (Å²) in [6.07, 6.45) is 5.16. The Morgan fingerprint density at radius 3 is 2.52 bits per heavy atom. The van der Waals surface area contributed by atoms with Gasteiger partial charge in [0.1, 0.15) is 11.9 Å². The highest BCUT2D eigenvalue weighted by atomic mass is 32.1. The van der Waals surface area contributed by atoms with Gasteiger partial charge < -0.3 is 15.2 Å². The number of carboxylic acid groups (broad SMARTS) is 1. The second-order valence-electron chi connectivity index (χ2n) is 10.00. The minimum Gasteiger partial charge on any atom is -0.480 e. The molecule has 2 amide bonds. The maximum Gasteiger partial charge on any atom is 0.321 e. The van der Waals surface area contributed by atoms with Crippen LogP contribution in [0.4, 0.5) is 9.93 Å². The number of carboxylic acids is 1. The molecule has 208 valence electrons. The zero-order valence-electron chi connectivity index (χ0n) is 22.5. The average molecular weight is 562 g/mol. The van der Waals surface area contributed by atoms with Crippen molar-refractivity contribution in [2.45, 2.75) is 32.2 Å². The largest absolute Gasteiger partial charge is 0.480 e. The quantitative estimate of drug-likeness (QED) is 0.291. The van der Waals surface area contributed by atoms with Crippen LogP contribution in [0.15, 0.2) is 48.9 Å². The molecule has 1 aliphatic heterocycles. The third kappa shape index (κ3) is 5.64. The lowest BCUT2D eigenvalue weighted by atomic mass is 9.82. The van der Waals surface area contributed by atoms with E-state index in [9.17, 15) is 14.7 Å². The van der Waals surface area contributed by atoms with Crippen molar-refractivity contribution in [2.24, 2.45) is 0 Å². The van der Waals surface area contributed by atoms with Crippen molar-refractivity contribution in [2.75, 3.05) is 38.2 Å². The number of aromatic nitrogens is 4. The van der Waals surface area contributed by atoms with Gasteiger partial charge in [-0.3, -0.25) is 20.0 Å². The molecule has 12 heteroatoms. The number of hydrogen-bond acceptors (Lipinski definition) is 9. The maximum absolute atomic E-state index is 12.3. The number of morpholine rings is 1. The Hall–Kier alpha value is -4.00. The van der Waals surface area contributed by atoms with Crippen LogP contribution in [0.25, 0.3) is 32.6 Å². The van der Waals surface area contributed by atoms with E-state index in [-0.39, 0.29) is 6.03 Å². The van der Waals surface area contributed by atoms with Crippen LogP contribution in [-0.2, 0) is 14.9 Å². The molecule has 1 saturated heterocycles. The fraction of sp³-hybridized carbons (Fsp3) is 0.357. The van der Waals surface area contributed by atoms with Gasteiger partial charge in [0.25, 0.3) is 0 Å². The van der Waals surface area contributed by atoms with Gasteiger partial charge in [0.05, 0.1) is 34.5 Å². The third-order valence-electron chi connectivity index (χ3n) is 6.88. The number of amides is 2. The number of thiazole rings is 1. The van der Waals surface area contributed by atoms with Gasteiger partial charge in [-0.2, -0.15) is 0 Å². The predicted molar refractivity (Wildman–Crippen MR) is 153 cm³/mol. The van der Waals surface area contributed by atoms with E-state index in [1.807, 2.05) is 56.0 Å². The molecule has 1 atom stereocenters. The van der Waals surface area contributed by atoms with E-state index in [1.54, 1.807) is 18.6 Å². The van der Waals surface area contributed by atoms with Gasteiger partial charge in [0, 0.05) is 49.4 Å². The van der Waals surface area contributed by atoms with Crippen molar-refractivity contribution in [1.82, 2.24) is 30.2 Å². The lowest BCUT2D eigenvalue weighted by molar-refractivity contribution is -0.148. The van der Waals surface area contributed by atoms with Crippen molar-refractivity contribution in [1.29, 1.82) is 0 Å². The normalized spacial score (nSPS) is 15.1. The number of carbonyl (C=O) groups excluding carboxylic acids is 1. The molecule has 1 unspecified atom stereocenters. The third-order valence-corrected chi connectivity index (χ3v) is 7.90. The van der Waals surface area contributed by atoms with Crippen molar-refractivity contribution < 1.29 is 19.4 Å². The lowest BCUT2D eigenvalue weighted by Crippen LogP contribution is -2.56. The molecule has 3 N–H and O–H groups in total. The van der Waals surface area contributed by atoms with Crippen LogP contribution in [0.2, 0.25) is 0 Å². The van der Waals surface area contributed by atoms with Crippen molar-refractivity contribution >= 4 is 38.7 Å². The molecule has 1 aromatic carbocycles. The monoisotopic (exact) mass is 561 g/mol. The second-order valence-corrected chi connectivity index (χ2v) is 11.0. The van der Waals surface area contributed by atoms with Crippen LogP contribution in [0.3, 0.4) is 0 Å². The highest BCUT2D eigenvalue weighted by molar-refractivity contribution is 7.22. The summed E-state index contributed by atoms with van der Waals surface area (Å²) in [4.78, 5) is 44.8. The zero-order valence-corrected chi connectivity index (χ0v) is 23.4. The first-order chi connectivity index (χ1) is 19.3. The molecule has 0 saturated carbocycles. The number of nitrogens with one attached hydrogen (secondary N) is 2. The molecule has 3 aromatic heterocycles. The van der Waals surface area contributed by atoms with Gasteiger partial charge in [0.2, 0.25) is 0 Å². The number of nitrogens with zero attached hydrogens (tertiary/aromatic N) is 5. The molecule has 1 aliphatic rings. The molecule has 0 bridgehead atoms. The highest BCUT2D eigenvalue weighted by Gasteiger charge is 2.43. The molecule has 0 radical (unpaired) electrons. The van der Waals surface area contributed by atoms with E-state index in [2.05, 4.69) is 30.6 Å². The van der Waals surface area contributed by atoms with E-state index < -0.39 is 17.4 Å². The number of pyridine rings is 1. The Morgan fingerprint density at radius 1 is 1.12 bits per heavy atom. The smallest absolute Gasteiger partial charge is 0.321 e. The van der Waals surface area contributed by atoms with Crippen LogP contribution in [0.5, 0.6) is 0 Å². The fourth-order valence-corrected chi connectivity index (χ4v) is 5.92. The Morgan fingerprint density at radius 2 is 1.88 bits per heavy atom. The molecule has 5 rings (SSSR count). The summed E-state index contributed by atoms with van der Waals surface area (Å²) in [7, 11) is 0. The lowest BCUT2D eigenvalue weighted by Gasteiger charge is -2.40. The molecule has 40 heavy (non-hydrogen) atoms. The van der Waals surface area contributed by atoms with E-state index >= 15 is 0 Å². The van der Waals surface area contributed by atoms with Crippen LogP contribution < -0.4 is 10.6 Å². The summed E-state index contributed by atoms with van der Waals surface area (Å²) in [5.41, 5.74) is 3.09. The molecule has 11 nitrogen and oxygen atoms in total. The molecular weight excluding hydrogens is 530 g/mol.